The Balaban J connectivity index is 2.19. The molecular formula is C19H17N4O5-. The normalized spacial score (nSPS) is 12.0. The van der Waals surface area contributed by atoms with Gasteiger partial charge in [-0.25, -0.2) is 4.79 Å². The largest absolute Gasteiger partial charge is 0.867 e. The molecule has 0 atom stereocenters. The molecule has 0 aliphatic heterocycles. The molecule has 3 aromatic rings. The van der Waals surface area contributed by atoms with Gasteiger partial charge in [-0.3, -0.25) is 14.9 Å². The molecule has 0 spiro atoms. The van der Waals surface area contributed by atoms with Crippen molar-refractivity contribution >= 4 is 22.8 Å². The summed E-state index contributed by atoms with van der Waals surface area (Å²) in [7, 11) is 0. The molecule has 0 amide bonds. The molecule has 0 radical (unpaired) electrons. The van der Waals surface area contributed by atoms with Crippen LogP contribution in [0.1, 0.15) is 31.9 Å². The minimum atomic E-state index is -0.841. The predicted octanol–water partition coefficient (Wildman–Crippen LogP) is 1.85. The number of benzene rings is 2. The van der Waals surface area contributed by atoms with Crippen LogP contribution < -0.4 is 16.4 Å². The molecule has 3 rings (SSSR count). The number of nitrogens with zero attached hydrogens (tertiary/aromatic N) is 3. The van der Waals surface area contributed by atoms with Gasteiger partial charge >= 0.3 is 5.69 Å². The van der Waals surface area contributed by atoms with Crippen LogP contribution in [0, 0.1) is 10.1 Å². The molecule has 1 aromatic heterocycles. The summed E-state index contributed by atoms with van der Waals surface area (Å²) in [6, 6.07) is 9.13. The maximum absolute atomic E-state index is 12.5. The van der Waals surface area contributed by atoms with Gasteiger partial charge in [0, 0.05) is 6.07 Å². The summed E-state index contributed by atoms with van der Waals surface area (Å²) in [5.74, 6) is -0.841. The van der Waals surface area contributed by atoms with Gasteiger partial charge in [-0.2, -0.15) is 5.10 Å². The third-order valence-electron chi connectivity index (χ3n) is 4.26. The monoisotopic (exact) mass is 381 g/mol. The smallest absolute Gasteiger partial charge is 0.349 e. The summed E-state index contributed by atoms with van der Waals surface area (Å²) in [4.78, 5) is 37.7. The van der Waals surface area contributed by atoms with Crippen LogP contribution in [-0.4, -0.2) is 20.8 Å². The number of rotatable bonds is 3. The first kappa shape index (κ1) is 19.0. The highest BCUT2D eigenvalue weighted by molar-refractivity contribution is 5.86. The van der Waals surface area contributed by atoms with Crippen molar-refractivity contribution in [1.29, 1.82) is 0 Å². The van der Waals surface area contributed by atoms with Gasteiger partial charge in [-0.1, -0.05) is 32.9 Å². The van der Waals surface area contributed by atoms with Crippen LogP contribution in [0.4, 0.5) is 5.69 Å². The van der Waals surface area contributed by atoms with Crippen LogP contribution >= 0.6 is 0 Å². The molecule has 28 heavy (non-hydrogen) atoms. The maximum atomic E-state index is 12.5. The molecule has 9 heteroatoms. The lowest BCUT2D eigenvalue weighted by atomic mass is 9.85. The van der Waals surface area contributed by atoms with Gasteiger partial charge in [0.25, 0.3) is 11.2 Å². The average molecular weight is 381 g/mol. The lowest BCUT2D eigenvalue weighted by Crippen LogP contribution is -2.32. The molecule has 2 aromatic carbocycles. The van der Waals surface area contributed by atoms with E-state index in [0.29, 0.717) is 15.8 Å². The van der Waals surface area contributed by atoms with Crippen molar-refractivity contribution in [2.45, 2.75) is 26.2 Å². The predicted molar refractivity (Wildman–Crippen MR) is 103 cm³/mol. The van der Waals surface area contributed by atoms with E-state index in [-0.39, 0.29) is 10.9 Å². The first-order valence-corrected chi connectivity index (χ1v) is 8.38. The molecule has 0 unspecified atom stereocenters. The van der Waals surface area contributed by atoms with Crippen molar-refractivity contribution in [2.75, 3.05) is 0 Å². The number of aromatic amines is 1. The number of H-pyrrole nitrogens is 1. The minimum absolute atomic E-state index is 0.0846. The number of nitrogens with one attached hydrogen (secondary N) is 1. The van der Waals surface area contributed by atoms with Gasteiger partial charge in [0.15, 0.2) is 0 Å². The summed E-state index contributed by atoms with van der Waals surface area (Å²) >= 11 is 0. The first-order valence-electron chi connectivity index (χ1n) is 8.38. The summed E-state index contributed by atoms with van der Waals surface area (Å²) in [6.45, 7) is 5.53. The fourth-order valence-electron chi connectivity index (χ4n) is 2.68. The first-order chi connectivity index (χ1) is 13.1. The SMILES string of the molecule is CC(C)(C)c1cc(/C=N\n2c(=O)[nH]c3ccccc3c2=O)c([O-])c([N+](=O)[O-])c1. The van der Waals surface area contributed by atoms with Crippen molar-refractivity contribution in [1.82, 2.24) is 9.66 Å². The van der Waals surface area contributed by atoms with Gasteiger partial charge in [0.05, 0.1) is 22.0 Å². The Morgan fingerprint density at radius 1 is 1.18 bits per heavy atom. The van der Waals surface area contributed by atoms with E-state index in [1.807, 2.05) is 20.8 Å². The van der Waals surface area contributed by atoms with Gasteiger partial charge < -0.3 is 10.1 Å². The quantitative estimate of drug-likeness (QED) is 0.420. The van der Waals surface area contributed by atoms with E-state index in [4.69, 9.17) is 0 Å². The molecule has 0 saturated heterocycles. The molecule has 1 N–H and O–H groups in total. The van der Waals surface area contributed by atoms with Gasteiger partial charge in [-0.15, -0.1) is 4.68 Å². The second-order valence-electron chi connectivity index (χ2n) is 7.26. The van der Waals surface area contributed by atoms with Crippen LogP contribution in [0.15, 0.2) is 51.1 Å². The van der Waals surface area contributed by atoms with Crippen molar-refractivity contribution in [3.8, 4) is 5.75 Å². The third kappa shape index (κ3) is 3.41. The van der Waals surface area contributed by atoms with E-state index in [1.165, 1.54) is 18.2 Å². The number of hydrogen-bond donors (Lipinski definition) is 1. The fraction of sp³-hybridized carbons (Fsp3) is 0.211. The molecule has 0 saturated carbocycles. The molecule has 9 nitrogen and oxygen atoms in total. The molecule has 0 fully saturated rings. The highest BCUT2D eigenvalue weighted by Gasteiger charge is 2.20. The summed E-state index contributed by atoms with van der Waals surface area (Å²) in [5.41, 5.74) is -1.66. The second kappa shape index (κ2) is 6.76. The zero-order valence-corrected chi connectivity index (χ0v) is 15.4. The molecule has 0 aliphatic carbocycles. The summed E-state index contributed by atoms with van der Waals surface area (Å²) in [6.07, 6.45) is 0.996. The van der Waals surface area contributed by atoms with Crippen molar-refractivity contribution < 1.29 is 10.0 Å². The van der Waals surface area contributed by atoms with Crippen LogP contribution in [0.2, 0.25) is 0 Å². The van der Waals surface area contributed by atoms with E-state index < -0.39 is 33.0 Å². The Morgan fingerprint density at radius 3 is 2.50 bits per heavy atom. The van der Waals surface area contributed by atoms with Gasteiger partial charge in [0.1, 0.15) is 0 Å². The third-order valence-corrected chi connectivity index (χ3v) is 4.26. The Morgan fingerprint density at radius 2 is 1.86 bits per heavy atom. The highest BCUT2D eigenvalue weighted by atomic mass is 16.6. The van der Waals surface area contributed by atoms with E-state index >= 15 is 0 Å². The topological polar surface area (TPSA) is 133 Å². The van der Waals surface area contributed by atoms with E-state index in [1.54, 1.807) is 18.2 Å². The molecule has 0 bridgehead atoms. The second-order valence-corrected chi connectivity index (χ2v) is 7.26. The molecule has 1 heterocycles. The Labute approximate surface area is 158 Å². The zero-order chi connectivity index (χ0) is 20.6. The Hall–Kier alpha value is -3.75. The number of para-hydroxylation sites is 1. The van der Waals surface area contributed by atoms with Crippen molar-refractivity contribution in [2.24, 2.45) is 5.10 Å². The highest BCUT2D eigenvalue weighted by Crippen LogP contribution is 2.33. The summed E-state index contributed by atoms with van der Waals surface area (Å²) < 4.78 is 0.581. The fourth-order valence-corrected chi connectivity index (χ4v) is 2.68. The number of nitro groups is 1. The standard InChI is InChI=1S/C19H18N4O5/c1-19(2,3)12-8-11(16(24)15(9-12)23(27)28)10-20-22-17(25)13-6-4-5-7-14(13)21-18(22)26/h4-10,24H,1-3H3,(H,21,26)/p-1/b20-10-. The number of nitro benzene ring substituents is 1. The summed E-state index contributed by atoms with van der Waals surface area (Å²) in [5, 5.41) is 27.7. The van der Waals surface area contributed by atoms with Crippen molar-refractivity contribution in [3.63, 3.8) is 0 Å². The van der Waals surface area contributed by atoms with Gasteiger partial charge in [-0.05, 0) is 40.5 Å². The average Bonchev–Trinajstić information content (AvgIpc) is 2.61. The lowest BCUT2D eigenvalue weighted by Gasteiger charge is -2.22. The van der Waals surface area contributed by atoms with E-state index in [9.17, 15) is 24.8 Å². The Kier molecular flexibility index (Phi) is 4.60. The molecule has 144 valence electrons. The zero-order valence-electron chi connectivity index (χ0n) is 15.4. The molecular weight excluding hydrogens is 364 g/mol. The Bertz CT molecular complexity index is 1230. The van der Waals surface area contributed by atoms with Crippen LogP contribution in [0.3, 0.4) is 0 Å². The lowest BCUT2D eigenvalue weighted by molar-refractivity contribution is -0.398. The number of aromatic nitrogens is 2. The molecule has 0 aliphatic rings. The number of hydrogen-bond acceptors (Lipinski definition) is 6. The van der Waals surface area contributed by atoms with E-state index in [0.717, 1.165) is 6.21 Å². The maximum Gasteiger partial charge on any atom is 0.349 e. The van der Waals surface area contributed by atoms with Crippen molar-refractivity contribution in [3.05, 3.63) is 78.5 Å². The minimum Gasteiger partial charge on any atom is -0.867 e. The van der Waals surface area contributed by atoms with Crippen LogP contribution in [0.25, 0.3) is 10.9 Å². The van der Waals surface area contributed by atoms with Crippen LogP contribution in [-0.2, 0) is 5.41 Å². The number of fused-ring (bicyclic) bond motifs is 1. The van der Waals surface area contributed by atoms with Gasteiger partial charge in [0.2, 0.25) is 0 Å². The van der Waals surface area contributed by atoms with Crippen LogP contribution in [0.5, 0.6) is 5.75 Å². The van der Waals surface area contributed by atoms with E-state index in [2.05, 4.69) is 10.1 Å².